The lowest BCUT2D eigenvalue weighted by atomic mass is 10.0. The van der Waals surface area contributed by atoms with Crippen LogP contribution in [0.5, 0.6) is 0 Å². The minimum absolute atomic E-state index is 0.0142. The summed E-state index contributed by atoms with van der Waals surface area (Å²) in [6, 6.07) is 4.88. The molecule has 1 aromatic rings. The van der Waals surface area contributed by atoms with Crippen LogP contribution in [0.3, 0.4) is 0 Å². The molecule has 1 fully saturated rings. The van der Waals surface area contributed by atoms with E-state index in [1.54, 1.807) is 0 Å². The minimum Gasteiger partial charge on any atom is -0.393 e. The first-order chi connectivity index (χ1) is 8.49. The molecule has 0 heterocycles. The van der Waals surface area contributed by atoms with E-state index in [-0.39, 0.29) is 22.7 Å². The summed E-state index contributed by atoms with van der Waals surface area (Å²) in [6.45, 7) is 0. The van der Waals surface area contributed by atoms with E-state index in [1.165, 1.54) is 12.1 Å². The number of sulfone groups is 1. The number of aliphatic hydroxyl groups is 1. The molecule has 0 radical (unpaired) electrons. The van der Waals surface area contributed by atoms with E-state index < -0.39 is 15.7 Å². The molecule has 0 spiro atoms. The summed E-state index contributed by atoms with van der Waals surface area (Å²) in [5.41, 5.74) is 0. The molecule has 2 unspecified atom stereocenters. The Morgan fingerprint density at radius 1 is 1.22 bits per heavy atom. The summed E-state index contributed by atoms with van der Waals surface area (Å²) < 4.78 is 36.7. The zero-order valence-electron chi connectivity index (χ0n) is 10.0. The van der Waals surface area contributed by atoms with Crippen molar-refractivity contribution in [1.29, 1.82) is 0 Å². The second-order valence-electron chi connectivity index (χ2n) is 4.82. The van der Waals surface area contributed by atoms with Gasteiger partial charge in [-0.05, 0) is 49.4 Å². The number of aliphatic hydroxyl groups excluding tert-OH is 1. The Labute approximate surface area is 107 Å². The van der Waals surface area contributed by atoms with Crippen LogP contribution >= 0.6 is 0 Å². The zero-order chi connectivity index (χ0) is 13.2. The Morgan fingerprint density at radius 2 is 1.89 bits per heavy atom. The van der Waals surface area contributed by atoms with E-state index in [4.69, 9.17) is 0 Å². The smallest absolute Gasteiger partial charge is 0.178 e. The Hall–Kier alpha value is -0.940. The van der Waals surface area contributed by atoms with Gasteiger partial charge in [-0.25, -0.2) is 12.8 Å². The lowest BCUT2D eigenvalue weighted by molar-refractivity contribution is 0.131. The molecule has 1 aliphatic rings. The van der Waals surface area contributed by atoms with Crippen LogP contribution in [0.15, 0.2) is 29.2 Å². The third-order valence-corrected chi connectivity index (χ3v) is 5.31. The topological polar surface area (TPSA) is 54.4 Å². The highest BCUT2D eigenvalue weighted by atomic mass is 32.2. The van der Waals surface area contributed by atoms with Crippen molar-refractivity contribution < 1.29 is 17.9 Å². The van der Waals surface area contributed by atoms with Crippen molar-refractivity contribution in [3.63, 3.8) is 0 Å². The van der Waals surface area contributed by atoms with Crippen molar-refractivity contribution in [3.05, 3.63) is 30.1 Å². The summed E-state index contributed by atoms with van der Waals surface area (Å²) in [4.78, 5) is 0.149. The van der Waals surface area contributed by atoms with Crippen molar-refractivity contribution in [3.8, 4) is 0 Å². The summed E-state index contributed by atoms with van der Waals surface area (Å²) in [6.07, 6.45) is 2.72. The largest absolute Gasteiger partial charge is 0.393 e. The third-order valence-electron chi connectivity index (χ3n) is 3.55. The van der Waals surface area contributed by atoms with Crippen LogP contribution in [-0.2, 0) is 9.84 Å². The van der Waals surface area contributed by atoms with Gasteiger partial charge in [0.05, 0.1) is 16.8 Å². The number of benzene rings is 1. The average Bonchev–Trinajstić information content (AvgIpc) is 2.73. The maximum atomic E-state index is 12.7. The van der Waals surface area contributed by atoms with Crippen molar-refractivity contribution in [2.45, 2.75) is 36.7 Å². The van der Waals surface area contributed by atoms with Crippen LogP contribution in [-0.4, -0.2) is 25.4 Å². The second-order valence-corrected chi connectivity index (χ2v) is 6.93. The van der Waals surface area contributed by atoms with Gasteiger partial charge in [0.2, 0.25) is 0 Å². The molecule has 2 atom stereocenters. The molecular weight excluding hydrogens is 255 g/mol. The highest BCUT2D eigenvalue weighted by molar-refractivity contribution is 7.91. The van der Waals surface area contributed by atoms with Gasteiger partial charge in [0.1, 0.15) is 5.82 Å². The number of halogens is 1. The maximum Gasteiger partial charge on any atom is 0.178 e. The fourth-order valence-corrected chi connectivity index (χ4v) is 3.82. The molecular formula is C13H17FO3S. The van der Waals surface area contributed by atoms with Crippen molar-refractivity contribution >= 4 is 9.84 Å². The van der Waals surface area contributed by atoms with Gasteiger partial charge in [-0.2, -0.15) is 0 Å². The minimum atomic E-state index is -3.37. The molecule has 1 aromatic carbocycles. The van der Waals surface area contributed by atoms with E-state index in [0.29, 0.717) is 6.42 Å². The molecule has 100 valence electrons. The molecule has 0 aromatic heterocycles. The van der Waals surface area contributed by atoms with Gasteiger partial charge in [-0.15, -0.1) is 0 Å². The van der Waals surface area contributed by atoms with Gasteiger partial charge in [-0.1, -0.05) is 6.42 Å². The van der Waals surface area contributed by atoms with E-state index >= 15 is 0 Å². The Bertz CT molecular complexity index is 495. The molecule has 1 saturated carbocycles. The number of hydrogen-bond acceptors (Lipinski definition) is 3. The van der Waals surface area contributed by atoms with Crippen LogP contribution in [0.4, 0.5) is 4.39 Å². The Morgan fingerprint density at radius 3 is 2.44 bits per heavy atom. The first-order valence-electron chi connectivity index (χ1n) is 6.15. The Balaban J connectivity index is 2.01. The summed E-state index contributed by atoms with van der Waals surface area (Å²) in [5, 5.41) is 9.65. The quantitative estimate of drug-likeness (QED) is 0.854. The fourth-order valence-electron chi connectivity index (χ4n) is 2.42. The van der Waals surface area contributed by atoms with Crippen molar-refractivity contribution in [2.24, 2.45) is 5.92 Å². The molecule has 18 heavy (non-hydrogen) atoms. The highest BCUT2D eigenvalue weighted by Crippen LogP contribution is 2.29. The molecule has 3 nitrogen and oxygen atoms in total. The summed E-state index contributed by atoms with van der Waals surface area (Å²) in [5.74, 6) is -0.347. The second kappa shape index (κ2) is 5.36. The first-order valence-corrected chi connectivity index (χ1v) is 7.81. The van der Waals surface area contributed by atoms with Crippen molar-refractivity contribution in [1.82, 2.24) is 0 Å². The molecule has 0 amide bonds. The molecule has 0 aliphatic heterocycles. The predicted molar refractivity (Wildman–Crippen MR) is 66.4 cm³/mol. The molecule has 0 bridgehead atoms. The van der Waals surface area contributed by atoms with Gasteiger partial charge < -0.3 is 5.11 Å². The van der Waals surface area contributed by atoms with Crippen molar-refractivity contribution in [2.75, 3.05) is 5.75 Å². The Kier molecular flexibility index (Phi) is 4.02. The molecule has 0 saturated heterocycles. The van der Waals surface area contributed by atoms with E-state index in [1.807, 2.05) is 0 Å². The van der Waals surface area contributed by atoms with Gasteiger partial charge in [0, 0.05) is 0 Å². The van der Waals surface area contributed by atoms with Gasteiger partial charge >= 0.3 is 0 Å². The fraction of sp³-hybridized carbons (Fsp3) is 0.538. The number of hydrogen-bond donors (Lipinski definition) is 1. The standard InChI is InChI=1S/C13H17FO3S/c14-11-4-6-12(7-5-11)18(16,17)9-8-10-2-1-3-13(10)15/h4-7,10,13,15H,1-3,8-9H2. The molecule has 5 heteroatoms. The average molecular weight is 272 g/mol. The van der Waals surface area contributed by atoms with Crippen LogP contribution in [0.2, 0.25) is 0 Å². The van der Waals surface area contributed by atoms with Crippen LogP contribution in [0.1, 0.15) is 25.7 Å². The van der Waals surface area contributed by atoms with E-state index in [0.717, 1.165) is 31.4 Å². The molecule has 1 aliphatic carbocycles. The predicted octanol–water partition coefficient (Wildman–Crippen LogP) is 2.15. The third kappa shape index (κ3) is 3.09. The van der Waals surface area contributed by atoms with Gasteiger partial charge in [-0.3, -0.25) is 0 Å². The lowest BCUT2D eigenvalue weighted by Gasteiger charge is -2.14. The van der Waals surface area contributed by atoms with Crippen LogP contribution in [0, 0.1) is 11.7 Å². The van der Waals surface area contributed by atoms with Crippen LogP contribution in [0.25, 0.3) is 0 Å². The normalized spacial score (nSPS) is 24.3. The number of rotatable bonds is 4. The van der Waals surface area contributed by atoms with Gasteiger partial charge in [0.15, 0.2) is 9.84 Å². The molecule has 1 N–H and O–H groups in total. The monoisotopic (exact) mass is 272 g/mol. The SMILES string of the molecule is O=S(=O)(CCC1CCCC1O)c1ccc(F)cc1. The first kappa shape index (κ1) is 13.5. The van der Waals surface area contributed by atoms with Crippen LogP contribution < -0.4 is 0 Å². The van der Waals surface area contributed by atoms with E-state index in [2.05, 4.69) is 0 Å². The highest BCUT2D eigenvalue weighted by Gasteiger charge is 2.27. The lowest BCUT2D eigenvalue weighted by Crippen LogP contribution is -2.17. The summed E-state index contributed by atoms with van der Waals surface area (Å²) in [7, 11) is -3.37. The maximum absolute atomic E-state index is 12.7. The van der Waals surface area contributed by atoms with Gasteiger partial charge in [0.25, 0.3) is 0 Å². The molecule has 2 rings (SSSR count). The summed E-state index contributed by atoms with van der Waals surface area (Å²) >= 11 is 0. The van der Waals surface area contributed by atoms with E-state index in [9.17, 15) is 17.9 Å². The zero-order valence-corrected chi connectivity index (χ0v) is 10.9.